The summed E-state index contributed by atoms with van der Waals surface area (Å²) in [6.07, 6.45) is -4.72. The van der Waals surface area contributed by atoms with Crippen molar-refractivity contribution in [3.05, 3.63) is 131 Å². The molecule has 4 aromatic rings. The number of benzene rings is 4. The van der Waals surface area contributed by atoms with Gasteiger partial charge in [0.25, 0.3) is 10.0 Å². The number of carbonyl (C=O) groups is 2. The van der Waals surface area contributed by atoms with Crippen LogP contribution in [0.15, 0.2) is 114 Å². The minimum atomic E-state index is -4.82. The van der Waals surface area contributed by atoms with Crippen LogP contribution in [0, 0.1) is 0 Å². The van der Waals surface area contributed by atoms with E-state index in [-0.39, 0.29) is 29.4 Å². The van der Waals surface area contributed by atoms with Gasteiger partial charge in [-0.2, -0.15) is 13.2 Å². The Morgan fingerprint density at radius 3 is 1.96 bits per heavy atom. The van der Waals surface area contributed by atoms with Crippen molar-refractivity contribution in [2.45, 2.75) is 37.0 Å². The Hall–Kier alpha value is -4.35. The molecule has 1 N–H and O–H groups in total. The molecule has 0 radical (unpaired) electrons. The van der Waals surface area contributed by atoms with Crippen molar-refractivity contribution in [1.29, 1.82) is 0 Å². The van der Waals surface area contributed by atoms with Gasteiger partial charge in [-0.3, -0.25) is 13.9 Å². The van der Waals surface area contributed by atoms with Crippen molar-refractivity contribution in [2.24, 2.45) is 0 Å². The number of anilines is 1. The van der Waals surface area contributed by atoms with Gasteiger partial charge in [0.2, 0.25) is 11.8 Å². The first-order valence-electron chi connectivity index (χ1n) is 14.0. The number of likely N-dealkylation sites (N-methyl/N-ethyl adjacent to an activating group) is 1. The number of nitrogens with one attached hydrogen (secondary N) is 1. The maximum atomic E-state index is 14.3. The second kappa shape index (κ2) is 14.6. The molecule has 0 aromatic heterocycles. The Balaban J connectivity index is 1.85. The summed E-state index contributed by atoms with van der Waals surface area (Å²) in [5.41, 5.74) is -0.272. The summed E-state index contributed by atoms with van der Waals surface area (Å²) in [4.78, 5) is 28.8. The monoisotopic (exact) mass is 657 g/mol. The lowest BCUT2D eigenvalue weighted by molar-refractivity contribution is -0.140. The normalized spacial score (nSPS) is 12.3. The molecule has 0 heterocycles. The van der Waals surface area contributed by atoms with Crippen LogP contribution in [0.2, 0.25) is 5.02 Å². The number of alkyl halides is 3. The summed E-state index contributed by atoms with van der Waals surface area (Å²) in [5, 5.41) is 2.44. The summed E-state index contributed by atoms with van der Waals surface area (Å²) in [6, 6.07) is 26.0. The van der Waals surface area contributed by atoms with E-state index in [2.05, 4.69) is 5.32 Å². The molecule has 2 amide bonds. The molecule has 0 aliphatic rings. The summed E-state index contributed by atoms with van der Waals surface area (Å²) in [6.45, 7) is 0.982. The highest BCUT2D eigenvalue weighted by Crippen LogP contribution is 2.37. The molecule has 0 fully saturated rings. The molecule has 236 valence electrons. The van der Waals surface area contributed by atoms with Crippen LogP contribution in [0.1, 0.15) is 23.6 Å². The van der Waals surface area contributed by atoms with Crippen molar-refractivity contribution in [3.63, 3.8) is 0 Å². The van der Waals surface area contributed by atoms with Crippen LogP contribution in [0.25, 0.3) is 0 Å². The molecule has 0 bridgehead atoms. The van der Waals surface area contributed by atoms with E-state index in [1.54, 1.807) is 67.6 Å². The zero-order valence-electron chi connectivity index (χ0n) is 24.2. The molecule has 0 aliphatic carbocycles. The summed E-state index contributed by atoms with van der Waals surface area (Å²) in [5.74, 6) is -1.29. The van der Waals surface area contributed by atoms with Crippen molar-refractivity contribution >= 4 is 39.1 Å². The Bertz CT molecular complexity index is 1710. The fourth-order valence-electron chi connectivity index (χ4n) is 4.74. The fourth-order valence-corrected chi connectivity index (χ4v) is 6.45. The van der Waals surface area contributed by atoms with Gasteiger partial charge in [0.1, 0.15) is 12.6 Å². The highest BCUT2D eigenvalue weighted by Gasteiger charge is 2.37. The molecule has 0 saturated heterocycles. The van der Waals surface area contributed by atoms with Crippen LogP contribution in [0.5, 0.6) is 0 Å². The van der Waals surface area contributed by atoms with Crippen LogP contribution in [0.4, 0.5) is 18.9 Å². The zero-order valence-corrected chi connectivity index (χ0v) is 25.8. The third-order valence-corrected chi connectivity index (χ3v) is 9.06. The smallest absolute Gasteiger partial charge is 0.355 e. The minimum absolute atomic E-state index is 0.0795. The van der Waals surface area contributed by atoms with E-state index in [0.29, 0.717) is 15.9 Å². The average molecular weight is 658 g/mol. The maximum Gasteiger partial charge on any atom is 0.416 e. The van der Waals surface area contributed by atoms with E-state index in [4.69, 9.17) is 11.6 Å². The predicted octanol–water partition coefficient (Wildman–Crippen LogP) is 6.33. The number of carbonyl (C=O) groups excluding carboxylic acids is 2. The Morgan fingerprint density at radius 1 is 0.844 bits per heavy atom. The number of halogens is 4. The quantitative estimate of drug-likeness (QED) is 0.193. The molecular weight excluding hydrogens is 627 g/mol. The summed E-state index contributed by atoms with van der Waals surface area (Å²) >= 11 is 6.33. The van der Waals surface area contributed by atoms with Gasteiger partial charge in [-0.1, -0.05) is 90.5 Å². The standard InChI is InChI=1S/C33H31ClF3N3O4S/c1-2-38-32(42)30(20-24-12-6-3-7-13-24)39(22-25-14-8-4-9-15-25)31(41)23-40(45(43,44)27-16-10-5-11-17-27)29-21-26(33(35,36)37)18-19-28(29)34/h3-19,21,30H,2,20,22-23H2,1H3,(H,38,42)/t30-/m0/s1. The minimum Gasteiger partial charge on any atom is -0.355 e. The van der Waals surface area contributed by atoms with Crippen molar-refractivity contribution in [2.75, 3.05) is 17.4 Å². The number of hydrogen-bond acceptors (Lipinski definition) is 4. The zero-order chi connectivity index (χ0) is 32.6. The molecular formula is C33H31ClF3N3O4S. The van der Waals surface area contributed by atoms with Gasteiger partial charge < -0.3 is 10.2 Å². The second-order valence-electron chi connectivity index (χ2n) is 10.1. The number of nitrogens with zero attached hydrogens (tertiary/aromatic N) is 2. The molecule has 0 saturated carbocycles. The number of sulfonamides is 1. The van der Waals surface area contributed by atoms with Crippen LogP contribution in [-0.4, -0.2) is 44.3 Å². The highest BCUT2D eigenvalue weighted by atomic mass is 35.5. The van der Waals surface area contributed by atoms with E-state index in [1.165, 1.54) is 29.2 Å². The number of hydrogen-bond donors (Lipinski definition) is 1. The Morgan fingerprint density at radius 2 is 1.40 bits per heavy atom. The molecule has 4 aromatic carbocycles. The molecule has 1 atom stereocenters. The Labute approximate surface area is 265 Å². The SMILES string of the molecule is CCNC(=O)[C@H](Cc1ccccc1)N(Cc1ccccc1)C(=O)CN(c1cc(C(F)(F)F)ccc1Cl)S(=O)(=O)c1ccccc1. The Kier molecular flexibility index (Phi) is 10.9. The molecule has 7 nitrogen and oxygen atoms in total. The third-order valence-electron chi connectivity index (χ3n) is 6.97. The third kappa shape index (κ3) is 8.43. The lowest BCUT2D eigenvalue weighted by Crippen LogP contribution is -2.53. The molecule has 0 spiro atoms. The van der Waals surface area contributed by atoms with Crippen LogP contribution < -0.4 is 9.62 Å². The largest absolute Gasteiger partial charge is 0.416 e. The van der Waals surface area contributed by atoms with Crippen LogP contribution >= 0.6 is 11.6 Å². The van der Waals surface area contributed by atoms with E-state index >= 15 is 0 Å². The maximum absolute atomic E-state index is 14.3. The summed E-state index contributed by atoms with van der Waals surface area (Å²) in [7, 11) is -4.62. The fraction of sp³-hybridized carbons (Fsp3) is 0.212. The van der Waals surface area contributed by atoms with Gasteiger partial charge in [-0.15, -0.1) is 0 Å². The van der Waals surface area contributed by atoms with E-state index in [0.717, 1.165) is 17.7 Å². The van der Waals surface area contributed by atoms with E-state index < -0.39 is 51.9 Å². The summed E-state index contributed by atoms with van der Waals surface area (Å²) < 4.78 is 69.8. The van der Waals surface area contributed by atoms with Crippen LogP contribution in [0.3, 0.4) is 0 Å². The highest BCUT2D eigenvalue weighted by molar-refractivity contribution is 7.92. The van der Waals surface area contributed by atoms with E-state index in [1.807, 2.05) is 6.07 Å². The van der Waals surface area contributed by atoms with Gasteiger partial charge in [-0.25, -0.2) is 8.42 Å². The van der Waals surface area contributed by atoms with Crippen molar-refractivity contribution < 1.29 is 31.2 Å². The lowest BCUT2D eigenvalue weighted by Gasteiger charge is -2.34. The molecule has 0 aliphatic heterocycles. The number of rotatable bonds is 12. The van der Waals surface area contributed by atoms with Gasteiger partial charge in [-0.05, 0) is 48.4 Å². The first kappa shape index (κ1) is 33.5. The van der Waals surface area contributed by atoms with Gasteiger partial charge in [0.15, 0.2) is 0 Å². The predicted molar refractivity (Wildman–Crippen MR) is 167 cm³/mol. The van der Waals surface area contributed by atoms with Gasteiger partial charge in [0, 0.05) is 19.5 Å². The second-order valence-corrected chi connectivity index (χ2v) is 12.4. The van der Waals surface area contributed by atoms with E-state index in [9.17, 15) is 31.2 Å². The molecule has 0 unspecified atom stereocenters. The van der Waals surface area contributed by atoms with Gasteiger partial charge in [0.05, 0.1) is 21.2 Å². The first-order valence-corrected chi connectivity index (χ1v) is 15.8. The molecule has 45 heavy (non-hydrogen) atoms. The average Bonchev–Trinajstić information content (AvgIpc) is 3.02. The topological polar surface area (TPSA) is 86.8 Å². The number of amides is 2. The van der Waals surface area contributed by atoms with Crippen LogP contribution in [-0.2, 0) is 38.8 Å². The van der Waals surface area contributed by atoms with Crippen molar-refractivity contribution in [3.8, 4) is 0 Å². The first-order chi connectivity index (χ1) is 21.4. The molecule has 12 heteroatoms. The molecule has 4 rings (SSSR count). The van der Waals surface area contributed by atoms with Gasteiger partial charge >= 0.3 is 6.18 Å². The lowest BCUT2D eigenvalue weighted by atomic mass is 10.0. The van der Waals surface area contributed by atoms with Crippen molar-refractivity contribution in [1.82, 2.24) is 10.2 Å².